The van der Waals surface area contributed by atoms with E-state index in [-0.39, 0.29) is 25.9 Å². The molecule has 0 radical (unpaired) electrons. The Morgan fingerprint density at radius 1 is 0.842 bits per heavy atom. The molecule has 0 aliphatic carbocycles. The third kappa shape index (κ3) is 12.6. The molecule has 1 heterocycles. The monoisotopic (exact) mass is 787 g/mol. The van der Waals surface area contributed by atoms with Crippen LogP contribution in [0.1, 0.15) is 48.9 Å². The Kier molecular flexibility index (Phi) is 17.5. The quantitative estimate of drug-likeness (QED) is 0.110. The van der Waals surface area contributed by atoms with Crippen molar-refractivity contribution in [3.63, 3.8) is 0 Å². The molecule has 1 aliphatic rings. The number of likely N-dealkylation sites (N-methyl/N-ethyl adjacent to an activating group) is 3. The standard InChI is InChI=1S/C43H57N5O9/c1-28-22-36(49)40(48(5)42(52)32(16-17-44-2)26-39(50)57-27-29-10-8-7-9-11-29)31-13-15-38(56-21-19-46-4)34(25-31)33-23-30(12-14-37(33)55-20-18-45-3)24-35(43(53)54-6)47-41(28)51/h7-15,23,25,28,32,35,40,44-46H,16-22,24,26-27H2,1-6H3,(H,47,51)/t28-,32-,35+,40+/m1/s1. The van der Waals surface area contributed by atoms with Crippen LogP contribution in [-0.2, 0) is 46.5 Å². The molecular weight excluding hydrogens is 730 g/mol. The molecule has 3 aromatic rings. The molecule has 4 bridgehead atoms. The zero-order valence-corrected chi connectivity index (χ0v) is 33.9. The number of methoxy groups -OCH3 is 1. The van der Waals surface area contributed by atoms with Crippen molar-refractivity contribution in [3.8, 4) is 22.6 Å². The third-order valence-electron chi connectivity index (χ3n) is 9.86. The molecule has 308 valence electrons. The van der Waals surface area contributed by atoms with E-state index >= 15 is 0 Å². The molecular formula is C43H57N5O9. The largest absolute Gasteiger partial charge is 0.492 e. The fraction of sp³-hybridized carbons (Fsp3) is 0.465. The summed E-state index contributed by atoms with van der Waals surface area (Å²) in [5.74, 6) is -3.19. The molecule has 4 N–H and O–H groups in total. The molecule has 4 rings (SSSR count). The number of hydrogen-bond acceptors (Lipinski definition) is 12. The van der Waals surface area contributed by atoms with E-state index in [1.54, 1.807) is 32.2 Å². The number of carbonyl (C=O) groups excluding carboxylic acids is 5. The average Bonchev–Trinajstić information content (AvgIpc) is 3.21. The van der Waals surface area contributed by atoms with Crippen LogP contribution < -0.4 is 30.7 Å². The van der Waals surface area contributed by atoms with E-state index < -0.39 is 53.5 Å². The molecule has 0 saturated heterocycles. The number of benzene rings is 3. The van der Waals surface area contributed by atoms with Crippen molar-refractivity contribution in [3.05, 3.63) is 83.4 Å². The molecule has 2 amide bonds. The van der Waals surface area contributed by atoms with Crippen LogP contribution in [0.5, 0.6) is 11.5 Å². The predicted octanol–water partition coefficient (Wildman–Crippen LogP) is 3.22. The number of amides is 2. The zero-order chi connectivity index (χ0) is 41.3. The van der Waals surface area contributed by atoms with Gasteiger partial charge < -0.3 is 45.1 Å². The maximum absolute atomic E-state index is 14.6. The van der Waals surface area contributed by atoms with Crippen molar-refractivity contribution in [2.45, 2.75) is 51.3 Å². The minimum atomic E-state index is -1.16. The fourth-order valence-corrected chi connectivity index (χ4v) is 6.68. The van der Waals surface area contributed by atoms with Gasteiger partial charge in [-0.15, -0.1) is 0 Å². The van der Waals surface area contributed by atoms with Gasteiger partial charge in [0.15, 0.2) is 5.78 Å². The first-order valence-corrected chi connectivity index (χ1v) is 19.3. The summed E-state index contributed by atoms with van der Waals surface area (Å²) in [4.78, 5) is 70.2. The maximum Gasteiger partial charge on any atom is 0.328 e. The van der Waals surface area contributed by atoms with Crippen LogP contribution in [0.2, 0.25) is 0 Å². The van der Waals surface area contributed by atoms with Gasteiger partial charge in [-0.25, -0.2) is 4.79 Å². The van der Waals surface area contributed by atoms with E-state index in [4.69, 9.17) is 18.9 Å². The number of nitrogens with zero attached hydrogens (tertiary/aromatic N) is 1. The highest BCUT2D eigenvalue weighted by atomic mass is 16.5. The Morgan fingerprint density at radius 3 is 2.11 bits per heavy atom. The molecule has 0 saturated carbocycles. The van der Waals surface area contributed by atoms with Crippen LogP contribution in [0.15, 0.2) is 66.7 Å². The Bertz CT molecular complexity index is 1820. The summed E-state index contributed by atoms with van der Waals surface area (Å²) in [6.45, 7) is 3.91. The van der Waals surface area contributed by atoms with Gasteiger partial charge in [0, 0.05) is 55.9 Å². The van der Waals surface area contributed by atoms with Gasteiger partial charge in [-0.1, -0.05) is 49.4 Å². The number of hydrogen-bond donors (Lipinski definition) is 4. The van der Waals surface area contributed by atoms with Crippen molar-refractivity contribution in [2.75, 3.05) is 68.1 Å². The topological polar surface area (TPSA) is 174 Å². The molecule has 57 heavy (non-hydrogen) atoms. The summed E-state index contributed by atoms with van der Waals surface area (Å²) in [5.41, 5.74) is 3.23. The highest BCUT2D eigenvalue weighted by Crippen LogP contribution is 2.41. The van der Waals surface area contributed by atoms with Crippen LogP contribution in [0.4, 0.5) is 0 Å². The van der Waals surface area contributed by atoms with Crippen molar-refractivity contribution in [1.29, 1.82) is 0 Å². The van der Waals surface area contributed by atoms with E-state index in [1.165, 1.54) is 19.1 Å². The van der Waals surface area contributed by atoms with Gasteiger partial charge in [-0.3, -0.25) is 19.2 Å². The highest BCUT2D eigenvalue weighted by molar-refractivity contribution is 5.95. The lowest BCUT2D eigenvalue weighted by Gasteiger charge is -2.32. The number of ether oxygens (including phenoxy) is 4. The van der Waals surface area contributed by atoms with Crippen LogP contribution in [0.3, 0.4) is 0 Å². The van der Waals surface area contributed by atoms with Crippen LogP contribution in [-0.4, -0.2) is 109 Å². The first kappa shape index (κ1) is 44.4. The second kappa shape index (κ2) is 22.4. The minimum absolute atomic E-state index is 0.0632. The molecule has 1 aliphatic heterocycles. The van der Waals surface area contributed by atoms with Gasteiger partial charge in [-0.05, 0) is 75.1 Å². The lowest BCUT2D eigenvalue weighted by Crippen LogP contribution is -2.46. The van der Waals surface area contributed by atoms with E-state index in [9.17, 15) is 24.0 Å². The number of Topliss-reactive ketones (excluding diaryl/α,β-unsaturated/α-hetero) is 1. The lowest BCUT2D eigenvalue weighted by molar-refractivity contribution is -0.151. The number of rotatable bonds is 18. The van der Waals surface area contributed by atoms with Gasteiger partial charge in [0.2, 0.25) is 11.8 Å². The van der Waals surface area contributed by atoms with Crippen molar-refractivity contribution >= 4 is 29.5 Å². The van der Waals surface area contributed by atoms with Crippen molar-refractivity contribution in [1.82, 2.24) is 26.2 Å². The molecule has 4 atom stereocenters. The van der Waals surface area contributed by atoms with Crippen LogP contribution in [0, 0.1) is 11.8 Å². The van der Waals surface area contributed by atoms with E-state index in [2.05, 4.69) is 21.3 Å². The van der Waals surface area contributed by atoms with Gasteiger partial charge >= 0.3 is 11.9 Å². The second-order valence-electron chi connectivity index (χ2n) is 14.1. The first-order valence-electron chi connectivity index (χ1n) is 19.3. The maximum atomic E-state index is 14.6. The van der Waals surface area contributed by atoms with Crippen molar-refractivity contribution in [2.24, 2.45) is 11.8 Å². The number of nitrogens with one attached hydrogen (secondary N) is 4. The summed E-state index contributed by atoms with van der Waals surface area (Å²) in [6, 6.07) is 17.9. The normalized spacial score (nSPS) is 17.4. The number of carbonyl (C=O) groups is 5. The van der Waals surface area contributed by atoms with Gasteiger partial charge in [0.25, 0.3) is 0 Å². The predicted molar refractivity (Wildman–Crippen MR) is 216 cm³/mol. The second-order valence-corrected chi connectivity index (χ2v) is 14.1. The Balaban J connectivity index is 1.84. The van der Waals surface area contributed by atoms with Gasteiger partial charge in [0.05, 0.1) is 13.5 Å². The lowest BCUT2D eigenvalue weighted by atomic mass is 9.89. The molecule has 0 unspecified atom stereocenters. The molecule has 0 spiro atoms. The first-order chi connectivity index (χ1) is 27.5. The van der Waals surface area contributed by atoms with Crippen LogP contribution in [0.25, 0.3) is 11.1 Å². The minimum Gasteiger partial charge on any atom is -0.492 e. The van der Waals surface area contributed by atoms with Crippen molar-refractivity contribution < 1.29 is 42.9 Å². The molecule has 14 nitrogen and oxygen atoms in total. The number of esters is 2. The van der Waals surface area contributed by atoms with Gasteiger partial charge in [-0.2, -0.15) is 0 Å². The molecule has 0 aromatic heterocycles. The van der Waals surface area contributed by atoms with E-state index in [1.807, 2.05) is 62.6 Å². The van der Waals surface area contributed by atoms with E-state index in [0.717, 1.165) is 5.56 Å². The summed E-state index contributed by atoms with van der Waals surface area (Å²) in [6.07, 6.45) is -0.0316. The number of fused-ring (bicyclic) bond motifs is 5. The third-order valence-corrected chi connectivity index (χ3v) is 9.86. The number of ketones is 1. The molecule has 14 heteroatoms. The summed E-state index contributed by atoms with van der Waals surface area (Å²) >= 11 is 0. The Morgan fingerprint density at radius 2 is 1.47 bits per heavy atom. The Hall–Kier alpha value is -5.31. The SMILES string of the molecule is CNCCOc1ccc2cc1-c1cc(ccc1OCCNC)[C@H](N(C)C(=O)[C@H](CCNC)CC(=O)OCc1ccccc1)C(=O)C[C@@H](C)C(=O)N[C@H](C(=O)OC)C2. The summed E-state index contributed by atoms with van der Waals surface area (Å²) in [7, 11) is 8.19. The van der Waals surface area contributed by atoms with Gasteiger partial charge in [0.1, 0.15) is 43.4 Å². The fourth-order valence-electron chi connectivity index (χ4n) is 6.68. The summed E-state index contributed by atoms with van der Waals surface area (Å²) < 4.78 is 23.1. The zero-order valence-electron chi connectivity index (χ0n) is 33.9. The average molecular weight is 788 g/mol. The van der Waals surface area contributed by atoms with E-state index in [0.29, 0.717) is 73.0 Å². The molecule has 3 aromatic carbocycles. The Labute approximate surface area is 335 Å². The smallest absolute Gasteiger partial charge is 0.328 e. The summed E-state index contributed by atoms with van der Waals surface area (Å²) in [5, 5.41) is 12.0. The molecule has 0 fully saturated rings. The highest BCUT2D eigenvalue weighted by Gasteiger charge is 2.36. The van der Waals surface area contributed by atoms with Crippen LogP contribution >= 0.6 is 0 Å².